The van der Waals surface area contributed by atoms with Gasteiger partial charge in [0.25, 0.3) is 0 Å². The summed E-state index contributed by atoms with van der Waals surface area (Å²) >= 11 is 0. The van der Waals surface area contributed by atoms with Gasteiger partial charge in [-0.3, -0.25) is 0 Å². The van der Waals surface area contributed by atoms with E-state index in [0.29, 0.717) is 18.4 Å². The Morgan fingerprint density at radius 3 is 2.75 bits per heavy atom. The Hall–Kier alpha value is -0.760. The Morgan fingerprint density at radius 2 is 2.10 bits per heavy atom. The SMILES string of the molecule is Cl.O=S(=O)(NCCC1CCNC1)c1cc(F)ccc1F. The first-order valence-corrected chi connectivity index (χ1v) is 7.63. The van der Waals surface area contributed by atoms with Gasteiger partial charge in [0.1, 0.15) is 16.5 Å². The normalized spacial score (nSPS) is 18.8. The topological polar surface area (TPSA) is 58.2 Å². The van der Waals surface area contributed by atoms with Crippen molar-refractivity contribution in [2.24, 2.45) is 5.92 Å². The van der Waals surface area contributed by atoms with Gasteiger partial charge in [-0.25, -0.2) is 21.9 Å². The molecule has 0 bridgehead atoms. The molecular weight excluding hydrogens is 310 g/mol. The van der Waals surface area contributed by atoms with Crippen molar-refractivity contribution in [3.05, 3.63) is 29.8 Å². The molecule has 0 spiro atoms. The van der Waals surface area contributed by atoms with Crippen LogP contribution in [-0.2, 0) is 10.0 Å². The van der Waals surface area contributed by atoms with Crippen LogP contribution in [0.4, 0.5) is 8.78 Å². The Morgan fingerprint density at radius 1 is 1.35 bits per heavy atom. The minimum absolute atomic E-state index is 0. The third-order valence-electron chi connectivity index (χ3n) is 3.19. The van der Waals surface area contributed by atoms with Crippen LogP contribution in [0.25, 0.3) is 0 Å². The molecule has 0 radical (unpaired) electrons. The Balaban J connectivity index is 0.00000200. The molecule has 1 fully saturated rings. The van der Waals surface area contributed by atoms with E-state index in [-0.39, 0.29) is 19.0 Å². The van der Waals surface area contributed by atoms with Crippen LogP contribution in [0.3, 0.4) is 0 Å². The molecule has 0 saturated carbocycles. The molecule has 1 unspecified atom stereocenters. The molecule has 1 atom stereocenters. The van der Waals surface area contributed by atoms with Crippen molar-refractivity contribution >= 4 is 22.4 Å². The van der Waals surface area contributed by atoms with Crippen molar-refractivity contribution < 1.29 is 17.2 Å². The molecule has 1 aliphatic heterocycles. The number of nitrogens with one attached hydrogen (secondary N) is 2. The highest BCUT2D eigenvalue weighted by atomic mass is 35.5. The summed E-state index contributed by atoms with van der Waals surface area (Å²) in [6.07, 6.45) is 1.69. The van der Waals surface area contributed by atoms with Crippen LogP contribution in [0, 0.1) is 17.6 Å². The molecule has 1 aromatic carbocycles. The molecule has 0 amide bonds. The summed E-state index contributed by atoms with van der Waals surface area (Å²) in [5, 5.41) is 3.18. The van der Waals surface area contributed by atoms with Crippen molar-refractivity contribution in [3.8, 4) is 0 Å². The summed E-state index contributed by atoms with van der Waals surface area (Å²) in [6, 6.07) is 2.39. The molecule has 1 saturated heterocycles. The third kappa shape index (κ3) is 4.37. The van der Waals surface area contributed by atoms with Crippen molar-refractivity contribution in [2.75, 3.05) is 19.6 Å². The average molecular weight is 327 g/mol. The average Bonchev–Trinajstić information content (AvgIpc) is 2.85. The van der Waals surface area contributed by atoms with Crippen LogP contribution in [-0.4, -0.2) is 28.1 Å². The molecule has 2 N–H and O–H groups in total. The third-order valence-corrected chi connectivity index (χ3v) is 4.67. The second kappa shape index (κ2) is 7.31. The van der Waals surface area contributed by atoms with Crippen LogP contribution < -0.4 is 10.0 Å². The maximum Gasteiger partial charge on any atom is 0.243 e. The first-order chi connectivity index (χ1) is 8.99. The minimum atomic E-state index is -3.99. The van der Waals surface area contributed by atoms with Gasteiger partial charge in [0.2, 0.25) is 10.0 Å². The quantitative estimate of drug-likeness (QED) is 0.865. The maximum absolute atomic E-state index is 13.4. The fourth-order valence-corrected chi connectivity index (χ4v) is 3.25. The van der Waals surface area contributed by atoms with Crippen LogP contribution >= 0.6 is 12.4 Å². The standard InChI is InChI=1S/C12H16F2N2O2S.ClH/c13-10-1-2-11(14)12(7-10)19(17,18)16-6-4-9-3-5-15-8-9;/h1-2,7,9,15-16H,3-6,8H2;1H. The number of hydrogen-bond acceptors (Lipinski definition) is 3. The predicted octanol–water partition coefficient (Wildman–Crippen LogP) is 1.66. The van der Waals surface area contributed by atoms with E-state index in [1.54, 1.807) is 0 Å². The number of rotatable bonds is 5. The van der Waals surface area contributed by atoms with Crippen LogP contribution in [0.1, 0.15) is 12.8 Å². The van der Waals surface area contributed by atoms with Crippen molar-refractivity contribution in [1.82, 2.24) is 10.0 Å². The highest BCUT2D eigenvalue weighted by molar-refractivity contribution is 7.89. The van der Waals surface area contributed by atoms with Crippen molar-refractivity contribution in [3.63, 3.8) is 0 Å². The van der Waals surface area contributed by atoms with E-state index in [1.165, 1.54) is 0 Å². The van der Waals surface area contributed by atoms with Gasteiger partial charge >= 0.3 is 0 Å². The minimum Gasteiger partial charge on any atom is -0.316 e. The second-order valence-electron chi connectivity index (χ2n) is 4.62. The van der Waals surface area contributed by atoms with E-state index in [2.05, 4.69) is 10.0 Å². The molecule has 114 valence electrons. The van der Waals surface area contributed by atoms with Gasteiger partial charge in [0, 0.05) is 6.54 Å². The highest BCUT2D eigenvalue weighted by Crippen LogP contribution is 2.16. The van der Waals surface area contributed by atoms with E-state index >= 15 is 0 Å². The number of sulfonamides is 1. The molecule has 1 heterocycles. The van der Waals surface area contributed by atoms with Gasteiger partial charge in [0.05, 0.1) is 0 Å². The Labute approximate surface area is 123 Å². The fraction of sp³-hybridized carbons (Fsp3) is 0.500. The van der Waals surface area contributed by atoms with Gasteiger partial charge in [0.15, 0.2) is 0 Å². The largest absolute Gasteiger partial charge is 0.316 e. The lowest BCUT2D eigenvalue weighted by Crippen LogP contribution is -2.27. The molecular formula is C12H17ClF2N2O2S. The van der Waals surface area contributed by atoms with Gasteiger partial charge in [-0.1, -0.05) is 0 Å². The summed E-state index contributed by atoms with van der Waals surface area (Å²) in [5.74, 6) is -1.29. The number of benzene rings is 1. The summed E-state index contributed by atoms with van der Waals surface area (Å²) < 4.78 is 52.4. The molecule has 4 nitrogen and oxygen atoms in total. The zero-order valence-electron chi connectivity index (χ0n) is 10.7. The summed E-state index contributed by atoms with van der Waals surface area (Å²) in [6.45, 7) is 2.04. The van der Waals surface area contributed by atoms with Gasteiger partial charge in [-0.05, 0) is 50.0 Å². The zero-order chi connectivity index (χ0) is 13.9. The van der Waals surface area contributed by atoms with Gasteiger partial charge < -0.3 is 5.32 Å². The number of halogens is 3. The highest BCUT2D eigenvalue weighted by Gasteiger charge is 2.21. The Bertz CT molecular complexity index is 548. The van der Waals surface area contributed by atoms with E-state index < -0.39 is 26.6 Å². The lowest BCUT2D eigenvalue weighted by atomic mass is 10.1. The molecule has 0 aromatic heterocycles. The molecule has 1 aliphatic rings. The van der Waals surface area contributed by atoms with E-state index in [0.717, 1.165) is 31.6 Å². The summed E-state index contributed by atoms with van der Waals surface area (Å²) in [5.41, 5.74) is 0. The first kappa shape index (κ1) is 17.3. The molecule has 0 aliphatic carbocycles. The van der Waals surface area contributed by atoms with Gasteiger partial charge in [-0.2, -0.15) is 0 Å². The lowest BCUT2D eigenvalue weighted by Gasteiger charge is -2.10. The molecule has 2 rings (SSSR count). The van der Waals surface area contributed by atoms with E-state index in [1.807, 2.05) is 0 Å². The van der Waals surface area contributed by atoms with Crippen LogP contribution in [0.5, 0.6) is 0 Å². The molecule has 20 heavy (non-hydrogen) atoms. The Kier molecular flexibility index (Phi) is 6.32. The van der Waals surface area contributed by atoms with Crippen molar-refractivity contribution in [2.45, 2.75) is 17.7 Å². The van der Waals surface area contributed by atoms with E-state index in [9.17, 15) is 17.2 Å². The predicted molar refractivity (Wildman–Crippen MR) is 74.4 cm³/mol. The van der Waals surface area contributed by atoms with Crippen LogP contribution in [0.15, 0.2) is 23.1 Å². The smallest absolute Gasteiger partial charge is 0.243 e. The van der Waals surface area contributed by atoms with E-state index in [4.69, 9.17) is 0 Å². The van der Waals surface area contributed by atoms with Crippen LogP contribution in [0.2, 0.25) is 0 Å². The lowest BCUT2D eigenvalue weighted by molar-refractivity contribution is 0.513. The zero-order valence-corrected chi connectivity index (χ0v) is 12.4. The number of hydrogen-bond donors (Lipinski definition) is 2. The summed E-state index contributed by atoms with van der Waals surface area (Å²) in [4.78, 5) is -0.642. The fourth-order valence-electron chi connectivity index (χ4n) is 2.12. The van der Waals surface area contributed by atoms with Gasteiger partial charge in [-0.15, -0.1) is 12.4 Å². The monoisotopic (exact) mass is 326 g/mol. The molecule has 1 aromatic rings. The second-order valence-corrected chi connectivity index (χ2v) is 6.36. The van der Waals surface area contributed by atoms with Crippen molar-refractivity contribution in [1.29, 1.82) is 0 Å². The summed E-state index contributed by atoms with van der Waals surface area (Å²) in [7, 11) is -3.99. The first-order valence-electron chi connectivity index (χ1n) is 6.14. The molecule has 8 heteroatoms. The maximum atomic E-state index is 13.4.